The van der Waals surface area contributed by atoms with Crippen LogP contribution in [0.15, 0.2) is 35.2 Å². The highest BCUT2D eigenvalue weighted by Gasteiger charge is 2.43. The predicted octanol–water partition coefficient (Wildman–Crippen LogP) is 7.32. The molecule has 0 bridgehead atoms. The first kappa shape index (κ1) is 28.4. The number of hydrogen-bond acceptors (Lipinski definition) is 7. The summed E-state index contributed by atoms with van der Waals surface area (Å²) < 4.78 is 45.0. The van der Waals surface area contributed by atoms with Crippen molar-refractivity contribution in [1.82, 2.24) is 9.88 Å². The molecule has 0 atom stereocenters. The van der Waals surface area contributed by atoms with Crippen molar-refractivity contribution in [2.24, 2.45) is 0 Å². The number of alkyl halides is 3. The van der Waals surface area contributed by atoms with E-state index in [9.17, 15) is 27.6 Å². The summed E-state index contributed by atoms with van der Waals surface area (Å²) in [5.41, 5.74) is -0.0583. The van der Waals surface area contributed by atoms with Gasteiger partial charge in [0.2, 0.25) is 0 Å². The molecule has 0 aliphatic carbocycles. The maximum absolute atomic E-state index is 13.8. The zero-order valence-corrected chi connectivity index (χ0v) is 24.0. The topological polar surface area (TPSA) is 88.6 Å². The monoisotopic (exact) mass is 591 g/mol. The van der Waals surface area contributed by atoms with E-state index in [2.05, 4.69) is 10.3 Å². The Morgan fingerprint density at radius 2 is 1.80 bits per heavy atom. The van der Waals surface area contributed by atoms with Crippen LogP contribution in [0.3, 0.4) is 0 Å². The number of anilines is 1. The number of piperidine rings is 1. The molecule has 1 N–H and O–H groups in total. The van der Waals surface area contributed by atoms with Crippen molar-refractivity contribution in [2.45, 2.75) is 68.4 Å². The predicted molar refractivity (Wildman–Crippen MR) is 148 cm³/mol. The van der Waals surface area contributed by atoms with Crippen molar-refractivity contribution < 1.29 is 32.3 Å². The van der Waals surface area contributed by atoms with Gasteiger partial charge in [-0.05, 0) is 64.8 Å². The van der Waals surface area contributed by atoms with Gasteiger partial charge in [0.25, 0.3) is 5.91 Å². The molecule has 0 radical (unpaired) electrons. The molecule has 40 heavy (non-hydrogen) atoms. The second kappa shape index (κ2) is 10.1. The van der Waals surface area contributed by atoms with Crippen LogP contribution in [-0.4, -0.2) is 51.1 Å². The second-order valence-electron chi connectivity index (χ2n) is 11.2. The van der Waals surface area contributed by atoms with Gasteiger partial charge in [-0.3, -0.25) is 14.9 Å². The van der Waals surface area contributed by atoms with Crippen molar-refractivity contribution in [3.05, 3.63) is 52.7 Å². The fourth-order valence-electron chi connectivity index (χ4n) is 5.00. The highest BCUT2D eigenvalue weighted by atomic mass is 32.2. The molecular weight excluding hydrogens is 563 g/mol. The van der Waals surface area contributed by atoms with Gasteiger partial charge in [-0.15, -0.1) is 11.8 Å². The number of thiophene rings is 1. The number of ether oxygens (including phenoxy) is 1. The first-order chi connectivity index (χ1) is 18.6. The lowest BCUT2D eigenvalue weighted by atomic mass is 9.87. The van der Waals surface area contributed by atoms with Crippen LogP contribution in [0.2, 0.25) is 0 Å². The van der Waals surface area contributed by atoms with Gasteiger partial charge in [0.05, 0.1) is 5.56 Å². The number of Topliss-reactive ketones (excluding diaryl/α,β-unsaturated/α-hetero) is 1. The Morgan fingerprint density at radius 3 is 2.45 bits per heavy atom. The van der Waals surface area contributed by atoms with Crippen LogP contribution in [0, 0.1) is 6.92 Å². The third-order valence-corrected chi connectivity index (χ3v) is 9.46. The molecule has 0 saturated carbocycles. The number of fused-ring (bicyclic) bond motifs is 2. The number of nitrogens with one attached hydrogen (secondary N) is 1. The van der Waals surface area contributed by atoms with Gasteiger partial charge in [-0.25, -0.2) is 9.78 Å². The Morgan fingerprint density at radius 1 is 1.10 bits per heavy atom. The second-order valence-corrected chi connectivity index (χ2v) is 13.7. The van der Waals surface area contributed by atoms with Crippen LogP contribution in [0.4, 0.5) is 23.0 Å². The fraction of sp³-hybridized carbons (Fsp3) is 0.429. The number of benzene rings is 1. The number of aromatic nitrogens is 1. The van der Waals surface area contributed by atoms with E-state index in [1.807, 2.05) is 25.1 Å². The maximum Gasteiger partial charge on any atom is 0.433 e. The first-order valence-corrected chi connectivity index (χ1v) is 14.4. The molecule has 5 rings (SSSR count). The van der Waals surface area contributed by atoms with Gasteiger partial charge < -0.3 is 9.64 Å². The average Bonchev–Trinajstić information content (AvgIpc) is 3.19. The van der Waals surface area contributed by atoms with Crippen molar-refractivity contribution in [1.29, 1.82) is 0 Å². The van der Waals surface area contributed by atoms with E-state index >= 15 is 0 Å². The average molecular weight is 592 g/mol. The molecule has 1 fully saturated rings. The van der Waals surface area contributed by atoms with E-state index < -0.39 is 29.5 Å². The van der Waals surface area contributed by atoms with Crippen molar-refractivity contribution in [3.8, 4) is 0 Å². The van der Waals surface area contributed by atoms with Gasteiger partial charge in [0.15, 0.2) is 5.78 Å². The van der Waals surface area contributed by atoms with Gasteiger partial charge in [0.1, 0.15) is 21.1 Å². The highest BCUT2D eigenvalue weighted by Crippen LogP contribution is 2.49. The summed E-state index contributed by atoms with van der Waals surface area (Å²) in [4.78, 5) is 45.6. The minimum Gasteiger partial charge on any atom is -0.444 e. The first-order valence-electron chi connectivity index (χ1n) is 12.8. The van der Waals surface area contributed by atoms with E-state index in [4.69, 9.17) is 4.74 Å². The van der Waals surface area contributed by atoms with Crippen LogP contribution < -0.4 is 5.32 Å². The highest BCUT2D eigenvalue weighted by molar-refractivity contribution is 8.01. The van der Waals surface area contributed by atoms with Gasteiger partial charge >= 0.3 is 12.3 Å². The zero-order valence-electron chi connectivity index (χ0n) is 22.4. The van der Waals surface area contributed by atoms with Crippen molar-refractivity contribution in [2.75, 3.05) is 18.4 Å². The van der Waals surface area contributed by atoms with E-state index in [0.29, 0.717) is 32.4 Å². The van der Waals surface area contributed by atoms with E-state index in [-0.39, 0.29) is 31.3 Å². The normalized spacial score (nSPS) is 17.2. The molecule has 2 amide bonds. The largest absolute Gasteiger partial charge is 0.444 e. The van der Waals surface area contributed by atoms with E-state index in [0.717, 1.165) is 33.4 Å². The number of nitrogens with zero attached hydrogens (tertiary/aromatic N) is 2. The summed E-state index contributed by atoms with van der Waals surface area (Å²) in [6, 6.07) is 7.91. The molecule has 12 heteroatoms. The third kappa shape index (κ3) is 5.69. The molecule has 0 unspecified atom stereocenters. The molecule has 212 valence electrons. The molecule has 3 aromatic rings. The number of carbonyl (C=O) groups is 3. The zero-order chi connectivity index (χ0) is 29.0. The SMILES string of the molecule is Cc1ccc2c(c1)C(=O)CC1(CCN(C(=O)c3c(NC(=O)OC(C)(C)C)sc4nc(C(F)(F)F)ccc34)CC1)S2. The summed E-state index contributed by atoms with van der Waals surface area (Å²) in [6.07, 6.45) is -3.94. The number of hydrogen-bond donors (Lipinski definition) is 1. The summed E-state index contributed by atoms with van der Waals surface area (Å²) in [7, 11) is 0. The number of rotatable bonds is 2. The molecule has 2 aromatic heterocycles. The fourth-order valence-corrected chi connectivity index (χ4v) is 7.52. The molecule has 2 aliphatic rings. The molecule has 1 aromatic carbocycles. The summed E-state index contributed by atoms with van der Waals surface area (Å²) in [5, 5.41) is 2.85. The summed E-state index contributed by atoms with van der Waals surface area (Å²) in [5.74, 6) is -0.326. The molecular formula is C28H28F3N3O4S2. The quantitative estimate of drug-likeness (QED) is 0.336. The third-order valence-electron chi connectivity index (χ3n) is 6.88. The number of carbonyl (C=O) groups excluding carboxylic acids is 3. The van der Waals surface area contributed by atoms with Gasteiger partial charge in [-0.1, -0.05) is 23.0 Å². The van der Waals surface area contributed by atoms with Crippen LogP contribution in [0.5, 0.6) is 0 Å². The van der Waals surface area contributed by atoms with Gasteiger partial charge in [-0.2, -0.15) is 13.2 Å². The summed E-state index contributed by atoms with van der Waals surface area (Å²) >= 11 is 2.48. The van der Waals surface area contributed by atoms with Crippen LogP contribution in [0.25, 0.3) is 10.2 Å². The maximum atomic E-state index is 13.8. The Balaban J connectivity index is 1.42. The Bertz CT molecular complexity index is 1520. The number of ketones is 1. The lowest BCUT2D eigenvalue weighted by Crippen LogP contribution is -2.47. The van der Waals surface area contributed by atoms with Crippen LogP contribution in [-0.2, 0) is 10.9 Å². The Labute approximate surface area is 237 Å². The molecule has 2 aliphatic heterocycles. The molecule has 1 spiro atoms. The lowest BCUT2D eigenvalue weighted by molar-refractivity contribution is -0.140. The van der Waals surface area contributed by atoms with Crippen molar-refractivity contribution >= 4 is 56.1 Å². The smallest absolute Gasteiger partial charge is 0.433 e. The molecule has 1 saturated heterocycles. The number of amides is 2. The molecule has 4 heterocycles. The minimum absolute atomic E-state index is 0.0157. The van der Waals surface area contributed by atoms with E-state index in [1.165, 1.54) is 6.07 Å². The van der Waals surface area contributed by atoms with E-state index in [1.54, 1.807) is 37.4 Å². The standard InChI is InChI=1S/C28H28F3N3O4S2/c1-15-5-7-19-17(13-15)18(35)14-27(40-19)9-11-34(12-10-27)24(36)21-16-6-8-20(28(29,30)31)32-22(16)39-23(21)33-25(37)38-26(2,3)4/h5-8,13H,9-12,14H2,1-4H3,(H,33,37). The minimum atomic E-state index is -4.66. The van der Waals surface area contributed by atoms with Crippen molar-refractivity contribution in [3.63, 3.8) is 0 Å². The van der Waals surface area contributed by atoms with Gasteiger partial charge in [0, 0.05) is 40.1 Å². The number of likely N-dealkylation sites (tertiary alicyclic amines) is 1. The number of halogens is 3. The summed E-state index contributed by atoms with van der Waals surface area (Å²) in [6.45, 7) is 7.70. The van der Waals surface area contributed by atoms with Crippen LogP contribution >= 0.6 is 23.1 Å². The number of aryl methyl sites for hydroxylation is 1. The number of pyridine rings is 1. The Hall–Kier alpha value is -3.12. The lowest BCUT2D eigenvalue weighted by Gasteiger charge is -2.43. The number of thioether (sulfide) groups is 1. The van der Waals surface area contributed by atoms with Crippen LogP contribution in [0.1, 0.15) is 72.0 Å². The molecule has 7 nitrogen and oxygen atoms in total. The Kier molecular flexibility index (Phi) is 7.14.